The number of rotatable bonds is 5. The number of amides is 2. The van der Waals surface area contributed by atoms with Crippen LogP contribution in [0.25, 0.3) is 0 Å². The number of carbonyl (C=O) groups is 1. The summed E-state index contributed by atoms with van der Waals surface area (Å²) >= 11 is 0. The van der Waals surface area contributed by atoms with Gasteiger partial charge in [0.15, 0.2) is 0 Å². The average Bonchev–Trinajstić information content (AvgIpc) is 2.64. The minimum absolute atomic E-state index is 0.156. The molecule has 0 spiro atoms. The molecular weight excluding hydrogens is 312 g/mol. The number of piperazine rings is 1. The highest BCUT2D eigenvalue weighted by molar-refractivity contribution is 5.89. The minimum Gasteiger partial charge on any atom is -0.337 e. The van der Waals surface area contributed by atoms with Crippen molar-refractivity contribution in [3.8, 4) is 0 Å². The number of hydrogen-bond acceptors (Lipinski definition) is 3. The topological polar surface area (TPSA) is 47.6 Å². The van der Waals surface area contributed by atoms with E-state index < -0.39 is 0 Å². The molecule has 1 aliphatic rings. The van der Waals surface area contributed by atoms with Crippen LogP contribution in [0.5, 0.6) is 0 Å². The molecule has 0 bridgehead atoms. The maximum Gasteiger partial charge on any atom is 0.319 e. The molecule has 2 aromatic rings. The van der Waals surface area contributed by atoms with Crippen molar-refractivity contribution in [1.29, 1.82) is 0 Å². The molecule has 1 fully saturated rings. The van der Waals surface area contributed by atoms with Gasteiger partial charge in [0.05, 0.1) is 0 Å². The summed E-state index contributed by atoms with van der Waals surface area (Å²) in [6.45, 7) is 4.55. The summed E-state index contributed by atoms with van der Waals surface area (Å²) in [6.07, 6.45) is 0. The second-order valence-corrected chi connectivity index (χ2v) is 6.47. The highest BCUT2D eigenvalue weighted by Crippen LogP contribution is 2.24. The van der Waals surface area contributed by atoms with Gasteiger partial charge in [0.1, 0.15) is 0 Å². The molecule has 2 aromatic carbocycles. The molecule has 0 radical (unpaired) electrons. The lowest BCUT2D eigenvalue weighted by Crippen LogP contribution is -2.49. The van der Waals surface area contributed by atoms with Crippen LogP contribution in [-0.2, 0) is 0 Å². The lowest BCUT2D eigenvalue weighted by atomic mass is 10.0. The highest BCUT2D eigenvalue weighted by Gasteiger charge is 2.26. The van der Waals surface area contributed by atoms with Crippen molar-refractivity contribution in [2.24, 2.45) is 0 Å². The molecular formula is C20H26N4O. The van der Waals surface area contributed by atoms with Crippen LogP contribution in [0.2, 0.25) is 0 Å². The summed E-state index contributed by atoms with van der Waals surface area (Å²) in [4.78, 5) is 16.8. The molecule has 0 saturated carbocycles. The summed E-state index contributed by atoms with van der Waals surface area (Å²) in [7, 11) is 2.17. The Hall–Kier alpha value is -2.37. The molecule has 0 aromatic heterocycles. The summed E-state index contributed by atoms with van der Waals surface area (Å²) in [5, 5.41) is 5.81. The largest absolute Gasteiger partial charge is 0.337 e. The molecule has 5 nitrogen and oxygen atoms in total. The number of urea groups is 1. The first kappa shape index (κ1) is 17.5. The van der Waals surface area contributed by atoms with Crippen molar-refractivity contribution in [2.45, 2.75) is 6.04 Å². The van der Waals surface area contributed by atoms with Crippen LogP contribution in [0.3, 0.4) is 0 Å². The normalized spacial score (nSPS) is 18.7. The Morgan fingerprint density at radius 1 is 1.04 bits per heavy atom. The number of carbonyl (C=O) groups excluding carboxylic acids is 1. The number of anilines is 1. The number of hydrogen-bond donors (Lipinski definition) is 2. The number of likely N-dealkylation sites (N-methyl/N-ethyl adjacent to an activating group) is 1. The van der Waals surface area contributed by atoms with Crippen LogP contribution in [0.4, 0.5) is 10.5 Å². The summed E-state index contributed by atoms with van der Waals surface area (Å²) < 4.78 is 0. The molecule has 1 heterocycles. The van der Waals surface area contributed by atoms with Crippen LogP contribution >= 0.6 is 0 Å². The first-order valence-electron chi connectivity index (χ1n) is 8.80. The van der Waals surface area contributed by atoms with Crippen molar-refractivity contribution < 1.29 is 4.79 Å². The van der Waals surface area contributed by atoms with E-state index in [4.69, 9.17) is 0 Å². The average molecular weight is 338 g/mol. The van der Waals surface area contributed by atoms with Gasteiger partial charge in [-0.1, -0.05) is 48.5 Å². The van der Waals surface area contributed by atoms with Gasteiger partial charge in [-0.15, -0.1) is 0 Å². The first-order chi connectivity index (χ1) is 12.2. The van der Waals surface area contributed by atoms with Gasteiger partial charge in [-0.05, 0) is 24.7 Å². The quantitative estimate of drug-likeness (QED) is 0.881. The monoisotopic (exact) mass is 338 g/mol. The zero-order valence-electron chi connectivity index (χ0n) is 14.7. The smallest absolute Gasteiger partial charge is 0.319 e. The van der Waals surface area contributed by atoms with E-state index in [0.29, 0.717) is 12.6 Å². The van der Waals surface area contributed by atoms with Gasteiger partial charge in [0.2, 0.25) is 0 Å². The molecule has 5 heteroatoms. The van der Waals surface area contributed by atoms with Gasteiger partial charge in [-0.3, -0.25) is 4.90 Å². The Bertz CT molecular complexity index is 662. The fraction of sp³-hybridized carbons (Fsp3) is 0.350. The number of benzene rings is 2. The SMILES string of the molecule is CN1CCN(CCNC(=O)Nc2ccccc2)C(c2ccccc2)C1. The zero-order chi connectivity index (χ0) is 17.5. The van der Waals surface area contributed by atoms with Gasteiger partial charge in [-0.25, -0.2) is 4.79 Å². The van der Waals surface area contributed by atoms with Crippen molar-refractivity contribution in [3.05, 3.63) is 66.2 Å². The van der Waals surface area contributed by atoms with Crippen LogP contribution < -0.4 is 10.6 Å². The third kappa shape index (κ3) is 5.05. The van der Waals surface area contributed by atoms with Crippen molar-refractivity contribution in [3.63, 3.8) is 0 Å². The van der Waals surface area contributed by atoms with Crippen molar-refractivity contribution >= 4 is 11.7 Å². The lowest BCUT2D eigenvalue weighted by Gasteiger charge is -2.40. The summed E-state index contributed by atoms with van der Waals surface area (Å²) in [6, 6.07) is 20.3. The van der Waals surface area contributed by atoms with Crippen molar-refractivity contribution in [2.75, 3.05) is 45.1 Å². The molecule has 1 unspecified atom stereocenters. The zero-order valence-corrected chi connectivity index (χ0v) is 14.7. The van der Waals surface area contributed by atoms with Gasteiger partial charge < -0.3 is 15.5 Å². The van der Waals surface area contributed by atoms with E-state index in [2.05, 4.69) is 57.8 Å². The fourth-order valence-electron chi connectivity index (χ4n) is 3.23. The Kier molecular flexibility index (Phi) is 6.04. The maximum atomic E-state index is 12.0. The summed E-state index contributed by atoms with van der Waals surface area (Å²) in [5.41, 5.74) is 2.14. The molecule has 2 amide bonds. The predicted molar refractivity (Wildman–Crippen MR) is 102 cm³/mol. The molecule has 1 aliphatic heterocycles. The molecule has 1 saturated heterocycles. The highest BCUT2D eigenvalue weighted by atomic mass is 16.2. The first-order valence-corrected chi connectivity index (χ1v) is 8.80. The van der Waals surface area contributed by atoms with E-state index in [1.165, 1.54) is 5.56 Å². The van der Waals surface area contributed by atoms with E-state index in [1.54, 1.807) is 0 Å². The third-order valence-electron chi connectivity index (χ3n) is 4.59. The van der Waals surface area contributed by atoms with Gasteiger partial charge in [0, 0.05) is 44.5 Å². The third-order valence-corrected chi connectivity index (χ3v) is 4.59. The molecule has 0 aliphatic carbocycles. The van der Waals surface area contributed by atoms with E-state index in [9.17, 15) is 4.79 Å². The van der Waals surface area contributed by atoms with Crippen LogP contribution in [0, 0.1) is 0 Å². The molecule has 2 N–H and O–H groups in total. The fourth-order valence-corrected chi connectivity index (χ4v) is 3.23. The van der Waals surface area contributed by atoms with Gasteiger partial charge in [0.25, 0.3) is 0 Å². The van der Waals surface area contributed by atoms with Crippen LogP contribution in [-0.4, -0.2) is 55.6 Å². The lowest BCUT2D eigenvalue weighted by molar-refractivity contribution is 0.0913. The molecule has 1 atom stereocenters. The Morgan fingerprint density at radius 3 is 2.44 bits per heavy atom. The molecule has 25 heavy (non-hydrogen) atoms. The van der Waals surface area contributed by atoms with E-state index in [-0.39, 0.29) is 6.03 Å². The number of para-hydroxylation sites is 1. The Labute approximate surface area is 149 Å². The number of nitrogens with zero attached hydrogens (tertiary/aromatic N) is 2. The molecule has 3 rings (SSSR count). The maximum absolute atomic E-state index is 12.0. The van der Waals surface area contributed by atoms with Gasteiger partial charge >= 0.3 is 6.03 Å². The number of nitrogens with one attached hydrogen (secondary N) is 2. The van der Waals surface area contributed by atoms with Gasteiger partial charge in [-0.2, -0.15) is 0 Å². The van der Waals surface area contributed by atoms with E-state index in [1.807, 2.05) is 30.3 Å². The molecule has 132 valence electrons. The Balaban J connectivity index is 1.51. The summed E-state index contributed by atoms with van der Waals surface area (Å²) in [5.74, 6) is 0. The second kappa shape index (κ2) is 8.65. The standard InChI is InChI=1S/C20H26N4O/c1-23-14-15-24(19(16-23)17-8-4-2-5-9-17)13-12-21-20(25)22-18-10-6-3-7-11-18/h2-11,19H,12-16H2,1H3,(H2,21,22,25). The van der Waals surface area contributed by atoms with E-state index in [0.717, 1.165) is 31.9 Å². The van der Waals surface area contributed by atoms with E-state index >= 15 is 0 Å². The van der Waals surface area contributed by atoms with Crippen LogP contribution in [0.1, 0.15) is 11.6 Å². The predicted octanol–water partition coefficient (Wildman–Crippen LogP) is 2.80. The Morgan fingerprint density at radius 2 is 1.72 bits per heavy atom. The minimum atomic E-state index is -0.156. The van der Waals surface area contributed by atoms with Crippen molar-refractivity contribution in [1.82, 2.24) is 15.1 Å². The van der Waals surface area contributed by atoms with Crippen LogP contribution in [0.15, 0.2) is 60.7 Å². The second-order valence-electron chi connectivity index (χ2n) is 6.47.